The van der Waals surface area contributed by atoms with Crippen LogP contribution >= 0.6 is 0 Å². The number of sulfonamides is 1. The average molecular weight is 363 g/mol. The van der Waals surface area contributed by atoms with E-state index in [1.165, 1.54) is 23.8 Å². The fourth-order valence-corrected chi connectivity index (χ4v) is 4.19. The van der Waals surface area contributed by atoms with Crippen LogP contribution in [0.4, 0.5) is 4.39 Å². The molecule has 0 bridgehead atoms. The van der Waals surface area contributed by atoms with E-state index >= 15 is 0 Å². The number of hydrogen-bond acceptors (Lipinski definition) is 4. The number of hydrogen-bond donors (Lipinski definition) is 1. The molecule has 1 aromatic heterocycles. The highest BCUT2D eigenvalue weighted by Crippen LogP contribution is 2.19. The summed E-state index contributed by atoms with van der Waals surface area (Å²) in [6.45, 7) is 3.16. The van der Waals surface area contributed by atoms with E-state index < -0.39 is 15.8 Å². The molecule has 0 atom stereocenters. The van der Waals surface area contributed by atoms with Crippen LogP contribution in [-0.2, 0) is 16.6 Å². The summed E-state index contributed by atoms with van der Waals surface area (Å²) < 4.78 is 40.3. The number of pyridine rings is 1. The van der Waals surface area contributed by atoms with E-state index in [4.69, 9.17) is 0 Å². The van der Waals surface area contributed by atoms with Crippen molar-refractivity contribution in [3.63, 3.8) is 0 Å². The lowest BCUT2D eigenvalue weighted by molar-refractivity contribution is 0.178. The van der Waals surface area contributed by atoms with Crippen LogP contribution in [0.5, 0.6) is 0 Å². The van der Waals surface area contributed by atoms with Gasteiger partial charge in [0.05, 0.1) is 4.90 Å². The van der Waals surface area contributed by atoms with Crippen molar-refractivity contribution in [2.45, 2.75) is 24.3 Å². The van der Waals surface area contributed by atoms with Gasteiger partial charge in [-0.05, 0) is 67.7 Å². The van der Waals surface area contributed by atoms with Crippen molar-refractivity contribution in [1.82, 2.24) is 14.6 Å². The molecule has 0 unspecified atom stereocenters. The lowest BCUT2D eigenvalue weighted by Crippen LogP contribution is -2.38. The monoisotopic (exact) mass is 363 g/mol. The molecule has 1 aliphatic heterocycles. The van der Waals surface area contributed by atoms with Crippen molar-refractivity contribution in [2.75, 3.05) is 19.6 Å². The van der Waals surface area contributed by atoms with Crippen LogP contribution in [0.25, 0.3) is 0 Å². The first-order chi connectivity index (χ1) is 12.0. The summed E-state index contributed by atoms with van der Waals surface area (Å²) in [7, 11) is -3.65. The molecule has 0 aliphatic carbocycles. The molecule has 3 rings (SSSR count). The van der Waals surface area contributed by atoms with Gasteiger partial charge in [-0.15, -0.1) is 0 Å². The van der Waals surface area contributed by atoms with Crippen molar-refractivity contribution in [3.05, 3.63) is 60.2 Å². The normalized spacial score (nSPS) is 16.8. The summed E-state index contributed by atoms with van der Waals surface area (Å²) in [4.78, 5) is 6.36. The van der Waals surface area contributed by atoms with Crippen molar-refractivity contribution in [1.29, 1.82) is 0 Å². The standard InChI is InChI=1S/C18H22FN3O2S/c19-17-2-1-3-18(12-17)25(23,24)21-13-15-6-10-22(11-7-15)14-16-4-8-20-9-5-16/h1-5,8-9,12,15,21H,6-7,10-11,13-14H2. The number of piperidine rings is 1. The van der Waals surface area contributed by atoms with E-state index in [0.29, 0.717) is 12.5 Å². The third kappa shape index (κ3) is 5.07. The summed E-state index contributed by atoms with van der Waals surface area (Å²) >= 11 is 0. The Hall–Kier alpha value is -1.83. The zero-order valence-electron chi connectivity index (χ0n) is 13.9. The van der Waals surface area contributed by atoms with Gasteiger partial charge in [-0.1, -0.05) is 6.07 Å². The molecule has 25 heavy (non-hydrogen) atoms. The van der Waals surface area contributed by atoms with Crippen LogP contribution in [0, 0.1) is 11.7 Å². The third-order valence-electron chi connectivity index (χ3n) is 4.53. The molecule has 0 amide bonds. The van der Waals surface area contributed by atoms with Crippen LogP contribution in [-0.4, -0.2) is 37.9 Å². The van der Waals surface area contributed by atoms with Crippen molar-refractivity contribution < 1.29 is 12.8 Å². The number of likely N-dealkylation sites (tertiary alicyclic amines) is 1. The smallest absolute Gasteiger partial charge is 0.240 e. The highest BCUT2D eigenvalue weighted by Gasteiger charge is 2.22. The second-order valence-electron chi connectivity index (χ2n) is 6.38. The van der Waals surface area contributed by atoms with Gasteiger partial charge in [-0.25, -0.2) is 17.5 Å². The topological polar surface area (TPSA) is 62.3 Å². The van der Waals surface area contributed by atoms with E-state index in [1.54, 1.807) is 12.4 Å². The molecule has 1 aliphatic rings. The fraction of sp³-hybridized carbons (Fsp3) is 0.389. The highest BCUT2D eigenvalue weighted by molar-refractivity contribution is 7.89. The molecule has 1 aromatic carbocycles. The first kappa shape index (κ1) is 18.0. The molecule has 5 nitrogen and oxygen atoms in total. The predicted molar refractivity (Wildman–Crippen MR) is 93.8 cm³/mol. The minimum Gasteiger partial charge on any atom is -0.299 e. The SMILES string of the molecule is O=S(=O)(NCC1CCN(Cc2ccncc2)CC1)c1cccc(F)c1. The second-order valence-corrected chi connectivity index (χ2v) is 8.15. The summed E-state index contributed by atoms with van der Waals surface area (Å²) in [6.07, 6.45) is 5.47. The van der Waals surface area contributed by atoms with Gasteiger partial charge in [0.1, 0.15) is 5.82 Å². The van der Waals surface area contributed by atoms with Crippen LogP contribution in [0.1, 0.15) is 18.4 Å². The zero-order chi connectivity index (χ0) is 17.7. The minimum absolute atomic E-state index is 0.0253. The predicted octanol–water partition coefficient (Wildman–Crippen LogP) is 2.41. The molecule has 7 heteroatoms. The van der Waals surface area contributed by atoms with Gasteiger partial charge in [0, 0.05) is 25.5 Å². The van der Waals surface area contributed by atoms with Gasteiger partial charge in [-0.2, -0.15) is 0 Å². The van der Waals surface area contributed by atoms with Crippen molar-refractivity contribution in [3.8, 4) is 0 Å². The lowest BCUT2D eigenvalue weighted by Gasteiger charge is -2.32. The van der Waals surface area contributed by atoms with E-state index in [1.807, 2.05) is 12.1 Å². The minimum atomic E-state index is -3.65. The Morgan fingerprint density at radius 2 is 1.88 bits per heavy atom. The molecular weight excluding hydrogens is 341 g/mol. The summed E-state index contributed by atoms with van der Waals surface area (Å²) in [5.74, 6) is -0.246. The number of rotatable bonds is 6. The van der Waals surface area contributed by atoms with E-state index in [2.05, 4.69) is 14.6 Å². The summed E-state index contributed by atoms with van der Waals surface area (Å²) in [5, 5.41) is 0. The Morgan fingerprint density at radius 3 is 2.56 bits per heavy atom. The van der Waals surface area contributed by atoms with Gasteiger partial charge in [0.2, 0.25) is 10.0 Å². The first-order valence-corrected chi connectivity index (χ1v) is 9.88. The van der Waals surface area contributed by atoms with Crippen LogP contribution in [0.15, 0.2) is 53.7 Å². The van der Waals surface area contributed by atoms with Crippen molar-refractivity contribution in [2.24, 2.45) is 5.92 Å². The number of benzene rings is 1. The molecule has 1 saturated heterocycles. The molecule has 1 fully saturated rings. The zero-order valence-corrected chi connectivity index (χ0v) is 14.8. The molecule has 0 spiro atoms. The quantitative estimate of drug-likeness (QED) is 0.856. The van der Waals surface area contributed by atoms with Crippen LogP contribution in [0.2, 0.25) is 0 Å². The summed E-state index contributed by atoms with van der Waals surface area (Å²) in [6, 6.07) is 9.11. The number of aromatic nitrogens is 1. The first-order valence-electron chi connectivity index (χ1n) is 8.39. The van der Waals surface area contributed by atoms with Gasteiger partial charge < -0.3 is 0 Å². The number of nitrogens with zero attached hydrogens (tertiary/aromatic N) is 2. The average Bonchev–Trinajstić information content (AvgIpc) is 2.62. The maximum Gasteiger partial charge on any atom is 0.240 e. The number of nitrogens with one attached hydrogen (secondary N) is 1. The molecule has 0 saturated carbocycles. The maximum atomic E-state index is 13.2. The molecule has 2 heterocycles. The third-order valence-corrected chi connectivity index (χ3v) is 5.95. The Morgan fingerprint density at radius 1 is 1.16 bits per heavy atom. The maximum absolute atomic E-state index is 13.2. The van der Waals surface area contributed by atoms with Crippen molar-refractivity contribution >= 4 is 10.0 Å². The van der Waals surface area contributed by atoms with Gasteiger partial charge in [-0.3, -0.25) is 9.88 Å². The second kappa shape index (κ2) is 8.03. The Balaban J connectivity index is 1.48. The van der Waals surface area contributed by atoms with Crippen LogP contribution in [0.3, 0.4) is 0 Å². The Labute approximate surface area is 147 Å². The largest absolute Gasteiger partial charge is 0.299 e. The molecule has 2 aromatic rings. The van der Waals surface area contributed by atoms with Gasteiger partial charge >= 0.3 is 0 Å². The lowest BCUT2D eigenvalue weighted by atomic mass is 9.97. The van der Waals surface area contributed by atoms with Gasteiger partial charge in [0.25, 0.3) is 0 Å². The number of halogens is 1. The fourth-order valence-electron chi connectivity index (χ4n) is 3.04. The van der Waals surface area contributed by atoms with Gasteiger partial charge in [0.15, 0.2) is 0 Å². The summed E-state index contributed by atoms with van der Waals surface area (Å²) in [5.41, 5.74) is 1.24. The highest BCUT2D eigenvalue weighted by atomic mass is 32.2. The Kier molecular flexibility index (Phi) is 5.78. The Bertz CT molecular complexity index is 791. The molecule has 0 radical (unpaired) electrons. The van der Waals surface area contributed by atoms with E-state index in [-0.39, 0.29) is 4.90 Å². The van der Waals surface area contributed by atoms with E-state index in [0.717, 1.165) is 38.5 Å². The molecule has 134 valence electrons. The van der Waals surface area contributed by atoms with E-state index in [9.17, 15) is 12.8 Å². The molecular formula is C18H22FN3O2S. The van der Waals surface area contributed by atoms with Crippen LogP contribution < -0.4 is 4.72 Å². The molecule has 1 N–H and O–H groups in total.